The standard InChI is InChI=1S/C32H33F2N3O5/c33-28(34)18-27(29(38)36-32(30(39)40)14-16-37(17-15-32)19-21-8-2-1-3-9-21)35-31(41)42-20-26-24-12-6-4-10-22(24)23-11-5-7-13-25(23)26/h1-13,26-28H,14-20H2,(H,35,41)(H,36,38)(H,39,40). The number of likely N-dealkylation sites (tertiary alicyclic amines) is 1. The van der Waals surface area contributed by atoms with Crippen LogP contribution in [0.25, 0.3) is 11.1 Å². The molecule has 0 bridgehead atoms. The highest BCUT2D eigenvalue weighted by atomic mass is 19.3. The van der Waals surface area contributed by atoms with Gasteiger partial charge in [0.25, 0.3) is 0 Å². The van der Waals surface area contributed by atoms with Crippen molar-refractivity contribution in [3.05, 3.63) is 95.6 Å². The van der Waals surface area contributed by atoms with Gasteiger partial charge in [0.05, 0.1) is 0 Å². The highest BCUT2D eigenvalue weighted by Gasteiger charge is 2.44. The lowest BCUT2D eigenvalue weighted by atomic mass is 9.86. The van der Waals surface area contributed by atoms with Crippen molar-refractivity contribution in [1.82, 2.24) is 15.5 Å². The Kier molecular flexibility index (Phi) is 8.82. The smallest absolute Gasteiger partial charge is 0.407 e. The van der Waals surface area contributed by atoms with Crippen molar-refractivity contribution in [2.24, 2.45) is 0 Å². The summed E-state index contributed by atoms with van der Waals surface area (Å²) >= 11 is 0. The van der Waals surface area contributed by atoms with Gasteiger partial charge in [-0.1, -0.05) is 78.9 Å². The zero-order valence-electron chi connectivity index (χ0n) is 23.0. The monoisotopic (exact) mass is 577 g/mol. The molecule has 220 valence electrons. The predicted octanol–water partition coefficient (Wildman–Crippen LogP) is 4.78. The van der Waals surface area contributed by atoms with Crippen molar-refractivity contribution < 1.29 is 33.0 Å². The second-order valence-corrected chi connectivity index (χ2v) is 10.8. The third-order valence-electron chi connectivity index (χ3n) is 8.10. The SMILES string of the molecule is O=C(NC(CC(F)F)C(=O)NC1(C(=O)O)CCN(Cc2ccccc2)CC1)OCC1c2ccccc2-c2ccccc21. The molecule has 3 N–H and O–H groups in total. The number of halogens is 2. The van der Waals surface area contributed by atoms with E-state index in [1.54, 1.807) is 0 Å². The Bertz CT molecular complexity index is 1380. The summed E-state index contributed by atoms with van der Waals surface area (Å²) in [5.41, 5.74) is 3.48. The van der Waals surface area contributed by atoms with Crippen LogP contribution in [0.1, 0.15) is 41.9 Å². The summed E-state index contributed by atoms with van der Waals surface area (Å²) in [5.74, 6) is -2.48. The third kappa shape index (κ3) is 6.44. The fourth-order valence-corrected chi connectivity index (χ4v) is 5.84. The van der Waals surface area contributed by atoms with Gasteiger partial charge in [-0.25, -0.2) is 18.4 Å². The van der Waals surface area contributed by atoms with Gasteiger partial charge >= 0.3 is 12.1 Å². The lowest BCUT2D eigenvalue weighted by Crippen LogP contribution is -2.63. The van der Waals surface area contributed by atoms with Gasteiger partial charge in [-0.3, -0.25) is 9.69 Å². The lowest BCUT2D eigenvalue weighted by molar-refractivity contribution is -0.150. The summed E-state index contributed by atoms with van der Waals surface area (Å²) in [7, 11) is 0. The van der Waals surface area contributed by atoms with Crippen molar-refractivity contribution in [3.63, 3.8) is 0 Å². The molecule has 1 saturated heterocycles. The Hall–Kier alpha value is -4.31. The van der Waals surface area contributed by atoms with Crippen LogP contribution < -0.4 is 10.6 Å². The van der Waals surface area contributed by atoms with Crippen LogP contribution in [0, 0.1) is 0 Å². The molecule has 10 heteroatoms. The number of ether oxygens (including phenoxy) is 1. The average Bonchev–Trinajstić information content (AvgIpc) is 3.30. The number of hydrogen-bond acceptors (Lipinski definition) is 5. The van der Waals surface area contributed by atoms with E-state index in [0.717, 1.165) is 27.8 Å². The van der Waals surface area contributed by atoms with E-state index >= 15 is 0 Å². The van der Waals surface area contributed by atoms with Crippen LogP contribution in [0.15, 0.2) is 78.9 Å². The molecule has 1 unspecified atom stereocenters. The second-order valence-electron chi connectivity index (χ2n) is 10.8. The number of nitrogens with one attached hydrogen (secondary N) is 2. The maximum atomic E-state index is 13.5. The number of alkyl halides is 2. The van der Waals surface area contributed by atoms with Crippen molar-refractivity contribution in [2.75, 3.05) is 19.7 Å². The van der Waals surface area contributed by atoms with Crippen molar-refractivity contribution in [1.29, 1.82) is 0 Å². The van der Waals surface area contributed by atoms with Crippen LogP contribution in [0.2, 0.25) is 0 Å². The highest BCUT2D eigenvalue weighted by molar-refractivity contribution is 5.91. The van der Waals surface area contributed by atoms with Gasteiger partial charge in [0, 0.05) is 32.0 Å². The minimum atomic E-state index is -2.91. The number of rotatable bonds is 10. The minimum absolute atomic E-state index is 0.0564. The van der Waals surface area contributed by atoms with E-state index < -0.39 is 42.4 Å². The molecule has 1 aliphatic carbocycles. The Morgan fingerprint density at radius 3 is 2.05 bits per heavy atom. The quantitative estimate of drug-likeness (QED) is 0.320. The number of amides is 2. The number of piperidine rings is 1. The zero-order valence-corrected chi connectivity index (χ0v) is 23.0. The fraction of sp³-hybridized carbons (Fsp3) is 0.344. The molecular formula is C32H33F2N3O5. The highest BCUT2D eigenvalue weighted by Crippen LogP contribution is 2.44. The molecular weight excluding hydrogens is 544 g/mol. The van der Waals surface area contributed by atoms with Gasteiger partial charge in [-0.15, -0.1) is 0 Å². The first-order chi connectivity index (χ1) is 20.3. The van der Waals surface area contributed by atoms with Crippen LogP contribution in [0.5, 0.6) is 0 Å². The number of aliphatic carboxylic acids is 1. The summed E-state index contributed by atoms with van der Waals surface area (Å²) in [6, 6.07) is 23.6. The molecule has 0 spiro atoms. The topological polar surface area (TPSA) is 108 Å². The summed E-state index contributed by atoms with van der Waals surface area (Å²) in [6.45, 7) is 1.35. The van der Waals surface area contributed by atoms with Gasteiger partial charge in [0.1, 0.15) is 18.2 Å². The number of carbonyl (C=O) groups is 3. The summed E-state index contributed by atoms with van der Waals surface area (Å²) in [6.07, 6.45) is -4.74. The van der Waals surface area contributed by atoms with Crippen LogP contribution >= 0.6 is 0 Å². The molecule has 1 heterocycles. The molecule has 2 aliphatic rings. The molecule has 0 saturated carbocycles. The fourth-order valence-electron chi connectivity index (χ4n) is 5.84. The van der Waals surface area contributed by atoms with E-state index in [1.807, 2.05) is 78.9 Å². The van der Waals surface area contributed by atoms with Crippen LogP contribution in [-0.4, -0.2) is 65.7 Å². The Balaban J connectivity index is 1.21. The molecule has 3 aromatic carbocycles. The number of carboxylic acid groups (broad SMARTS) is 1. The molecule has 8 nitrogen and oxygen atoms in total. The van der Waals surface area contributed by atoms with Crippen molar-refractivity contribution >= 4 is 18.0 Å². The predicted molar refractivity (Wildman–Crippen MR) is 152 cm³/mol. The summed E-state index contributed by atoms with van der Waals surface area (Å²) in [5, 5.41) is 14.8. The van der Waals surface area contributed by atoms with E-state index in [-0.39, 0.29) is 25.4 Å². The first-order valence-corrected chi connectivity index (χ1v) is 14.0. The van der Waals surface area contributed by atoms with Gasteiger partial charge < -0.3 is 20.5 Å². The van der Waals surface area contributed by atoms with Crippen LogP contribution in [0.4, 0.5) is 13.6 Å². The van der Waals surface area contributed by atoms with Crippen molar-refractivity contribution in [3.8, 4) is 11.1 Å². The largest absolute Gasteiger partial charge is 0.480 e. The molecule has 1 fully saturated rings. The number of nitrogens with zero attached hydrogens (tertiary/aromatic N) is 1. The third-order valence-corrected chi connectivity index (χ3v) is 8.10. The van der Waals surface area contributed by atoms with E-state index in [4.69, 9.17) is 4.74 Å². The van der Waals surface area contributed by atoms with Crippen LogP contribution in [-0.2, 0) is 20.9 Å². The maximum absolute atomic E-state index is 13.5. The number of carboxylic acids is 1. The van der Waals surface area contributed by atoms with E-state index in [2.05, 4.69) is 15.5 Å². The maximum Gasteiger partial charge on any atom is 0.407 e. The zero-order chi connectivity index (χ0) is 29.7. The number of benzene rings is 3. The molecule has 2 amide bonds. The van der Waals surface area contributed by atoms with Crippen molar-refractivity contribution in [2.45, 2.75) is 49.7 Å². The average molecular weight is 578 g/mol. The van der Waals surface area contributed by atoms with E-state index in [9.17, 15) is 28.3 Å². The lowest BCUT2D eigenvalue weighted by Gasteiger charge is -2.40. The van der Waals surface area contributed by atoms with Gasteiger partial charge in [0.15, 0.2) is 0 Å². The Morgan fingerprint density at radius 2 is 1.48 bits per heavy atom. The van der Waals surface area contributed by atoms with Crippen LogP contribution in [0.3, 0.4) is 0 Å². The van der Waals surface area contributed by atoms with E-state index in [1.165, 1.54) is 0 Å². The molecule has 0 aromatic heterocycles. The number of carbonyl (C=O) groups excluding carboxylic acids is 2. The molecule has 1 aliphatic heterocycles. The first-order valence-electron chi connectivity index (χ1n) is 14.0. The molecule has 1 atom stereocenters. The first kappa shape index (κ1) is 29.2. The van der Waals surface area contributed by atoms with Gasteiger partial charge in [-0.2, -0.15) is 0 Å². The molecule has 5 rings (SSSR count). The molecule has 42 heavy (non-hydrogen) atoms. The van der Waals surface area contributed by atoms with Gasteiger partial charge in [-0.05, 0) is 40.7 Å². The molecule has 0 radical (unpaired) electrons. The summed E-state index contributed by atoms with van der Waals surface area (Å²) < 4.78 is 32.3. The second kappa shape index (κ2) is 12.7. The Morgan fingerprint density at radius 1 is 0.905 bits per heavy atom. The van der Waals surface area contributed by atoms with E-state index in [0.29, 0.717) is 19.6 Å². The number of alkyl carbamates (subject to hydrolysis) is 1. The normalized spacial score (nSPS) is 16.7. The number of hydrogen-bond donors (Lipinski definition) is 3. The summed E-state index contributed by atoms with van der Waals surface area (Å²) in [4.78, 5) is 40.3. The minimum Gasteiger partial charge on any atom is -0.480 e. The number of fused-ring (bicyclic) bond motifs is 3. The Labute approximate surface area is 242 Å². The molecule has 3 aromatic rings. The van der Waals surface area contributed by atoms with Gasteiger partial charge in [0.2, 0.25) is 12.3 Å².